The van der Waals surface area contributed by atoms with Crippen LogP contribution in [-0.4, -0.2) is 17.7 Å². The van der Waals surface area contributed by atoms with Crippen molar-refractivity contribution in [3.8, 4) is 16.9 Å². The van der Waals surface area contributed by atoms with Crippen LogP contribution in [0.25, 0.3) is 22.1 Å². The average Bonchev–Trinajstić information content (AvgIpc) is 2.83. The SMILES string of the molecule is CCOC(=O)c1c(C)oc2c(-c3ccc(C)cc3)cc(O)cc12. The number of carbonyl (C=O) groups excluding carboxylic acids is 1. The standard InChI is InChI=1S/C19H18O4/c1-4-22-19(21)17-12(3)23-18-15(9-14(20)10-16(17)18)13-7-5-11(2)6-8-13/h5-10,20H,4H2,1-3H3. The van der Waals surface area contributed by atoms with Gasteiger partial charge in [-0.2, -0.15) is 0 Å². The maximum Gasteiger partial charge on any atom is 0.342 e. The highest BCUT2D eigenvalue weighted by Crippen LogP contribution is 2.37. The maximum atomic E-state index is 12.2. The van der Waals surface area contributed by atoms with E-state index in [4.69, 9.17) is 9.15 Å². The van der Waals surface area contributed by atoms with Gasteiger partial charge in [-0.25, -0.2) is 4.79 Å². The fourth-order valence-electron chi connectivity index (χ4n) is 2.71. The molecule has 0 aliphatic carbocycles. The molecule has 0 radical (unpaired) electrons. The van der Waals surface area contributed by atoms with E-state index in [0.717, 1.165) is 16.7 Å². The van der Waals surface area contributed by atoms with Crippen LogP contribution in [0.15, 0.2) is 40.8 Å². The van der Waals surface area contributed by atoms with Crippen LogP contribution in [0.5, 0.6) is 5.75 Å². The van der Waals surface area contributed by atoms with Crippen LogP contribution in [0.2, 0.25) is 0 Å². The summed E-state index contributed by atoms with van der Waals surface area (Å²) in [6, 6.07) is 11.1. The van der Waals surface area contributed by atoms with Crippen LogP contribution >= 0.6 is 0 Å². The van der Waals surface area contributed by atoms with Crippen molar-refractivity contribution in [3.63, 3.8) is 0 Å². The van der Waals surface area contributed by atoms with Gasteiger partial charge in [0.25, 0.3) is 0 Å². The van der Waals surface area contributed by atoms with Gasteiger partial charge in [0.05, 0.1) is 6.61 Å². The first-order valence-corrected chi connectivity index (χ1v) is 7.51. The van der Waals surface area contributed by atoms with Gasteiger partial charge in [0.1, 0.15) is 22.7 Å². The third-order valence-electron chi connectivity index (χ3n) is 3.79. The fraction of sp³-hybridized carbons (Fsp3) is 0.211. The highest BCUT2D eigenvalue weighted by Gasteiger charge is 2.22. The first-order chi connectivity index (χ1) is 11.0. The van der Waals surface area contributed by atoms with Crippen LogP contribution in [0.3, 0.4) is 0 Å². The van der Waals surface area contributed by atoms with Gasteiger partial charge in [0.2, 0.25) is 0 Å². The van der Waals surface area contributed by atoms with E-state index in [9.17, 15) is 9.90 Å². The van der Waals surface area contributed by atoms with Crippen LogP contribution < -0.4 is 0 Å². The Morgan fingerprint density at radius 3 is 2.52 bits per heavy atom. The second kappa shape index (κ2) is 5.80. The molecule has 3 aromatic rings. The predicted molar refractivity (Wildman–Crippen MR) is 88.7 cm³/mol. The first kappa shape index (κ1) is 15.2. The van der Waals surface area contributed by atoms with Gasteiger partial charge in [0.15, 0.2) is 0 Å². The molecule has 0 amide bonds. The van der Waals surface area contributed by atoms with Crippen molar-refractivity contribution in [3.05, 3.63) is 53.3 Å². The van der Waals surface area contributed by atoms with Crippen molar-refractivity contribution in [1.82, 2.24) is 0 Å². The Labute approximate surface area is 134 Å². The van der Waals surface area contributed by atoms with Gasteiger partial charge in [-0.1, -0.05) is 29.8 Å². The second-order valence-electron chi connectivity index (χ2n) is 5.49. The quantitative estimate of drug-likeness (QED) is 0.718. The molecule has 1 N–H and O–H groups in total. The van der Waals surface area contributed by atoms with Gasteiger partial charge in [-0.05, 0) is 38.5 Å². The number of hydrogen-bond acceptors (Lipinski definition) is 4. The predicted octanol–water partition coefficient (Wildman–Crippen LogP) is 4.60. The monoisotopic (exact) mass is 310 g/mol. The number of carbonyl (C=O) groups is 1. The molecule has 118 valence electrons. The van der Waals surface area contributed by atoms with Crippen molar-refractivity contribution < 1.29 is 19.1 Å². The number of rotatable bonds is 3. The Morgan fingerprint density at radius 1 is 1.17 bits per heavy atom. The highest BCUT2D eigenvalue weighted by molar-refractivity contribution is 6.08. The Balaban J connectivity index is 2.26. The average molecular weight is 310 g/mol. The maximum absolute atomic E-state index is 12.2. The molecule has 23 heavy (non-hydrogen) atoms. The zero-order chi connectivity index (χ0) is 16.6. The van der Waals surface area contributed by atoms with E-state index in [0.29, 0.717) is 22.3 Å². The van der Waals surface area contributed by atoms with E-state index in [-0.39, 0.29) is 12.4 Å². The zero-order valence-corrected chi connectivity index (χ0v) is 13.3. The van der Waals surface area contributed by atoms with Crippen LogP contribution in [0.1, 0.15) is 28.6 Å². The van der Waals surface area contributed by atoms with Crippen LogP contribution in [0.4, 0.5) is 0 Å². The number of benzene rings is 2. The van der Waals surface area contributed by atoms with Gasteiger partial charge >= 0.3 is 5.97 Å². The number of aromatic hydroxyl groups is 1. The molecule has 0 saturated carbocycles. The summed E-state index contributed by atoms with van der Waals surface area (Å²) in [5.74, 6) is 0.126. The van der Waals surface area contributed by atoms with Crippen molar-refractivity contribution in [2.75, 3.05) is 6.61 Å². The third-order valence-corrected chi connectivity index (χ3v) is 3.79. The summed E-state index contributed by atoms with van der Waals surface area (Å²) in [4.78, 5) is 12.2. The number of phenolic OH excluding ortho intramolecular Hbond substituents is 1. The number of esters is 1. The highest BCUT2D eigenvalue weighted by atomic mass is 16.5. The van der Waals surface area contributed by atoms with E-state index in [2.05, 4.69) is 0 Å². The first-order valence-electron chi connectivity index (χ1n) is 7.51. The summed E-state index contributed by atoms with van der Waals surface area (Å²) in [5.41, 5.74) is 3.76. The molecule has 0 atom stereocenters. The van der Waals surface area contributed by atoms with E-state index >= 15 is 0 Å². The lowest BCUT2D eigenvalue weighted by Crippen LogP contribution is -2.05. The molecule has 0 unspecified atom stereocenters. The lowest BCUT2D eigenvalue weighted by Gasteiger charge is -2.05. The Morgan fingerprint density at radius 2 is 1.87 bits per heavy atom. The molecule has 0 bridgehead atoms. The molecule has 0 saturated heterocycles. The lowest BCUT2D eigenvalue weighted by molar-refractivity contribution is 0.0526. The molecular weight excluding hydrogens is 292 g/mol. The molecule has 2 aromatic carbocycles. The molecular formula is C19H18O4. The van der Waals surface area contributed by atoms with Gasteiger partial charge in [0, 0.05) is 10.9 Å². The largest absolute Gasteiger partial charge is 0.508 e. The minimum Gasteiger partial charge on any atom is -0.508 e. The molecule has 0 aliphatic heterocycles. The van der Waals surface area contributed by atoms with Gasteiger partial charge < -0.3 is 14.3 Å². The zero-order valence-electron chi connectivity index (χ0n) is 13.3. The molecule has 1 heterocycles. The summed E-state index contributed by atoms with van der Waals surface area (Å²) >= 11 is 0. The molecule has 1 aromatic heterocycles. The summed E-state index contributed by atoms with van der Waals surface area (Å²) in [6.07, 6.45) is 0. The van der Waals surface area contributed by atoms with E-state index in [1.807, 2.05) is 31.2 Å². The third kappa shape index (κ3) is 2.68. The molecule has 0 spiro atoms. The molecule has 0 aliphatic rings. The molecule has 3 rings (SSSR count). The normalized spacial score (nSPS) is 10.9. The van der Waals surface area contributed by atoms with E-state index < -0.39 is 5.97 Å². The van der Waals surface area contributed by atoms with Gasteiger partial charge in [-0.3, -0.25) is 0 Å². The molecule has 0 fully saturated rings. The number of aryl methyl sites for hydroxylation is 2. The number of hydrogen-bond donors (Lipinski definition) is 1. The summed E-state index contributed by atoms with van der Waals surface area (Å²) in [5, 5.41) is 10.6. The van der Waals surface area contributed by atoms with E-state index in [1.165, 1.54) is 6.07 Å². The summed E-state index contributed by atoms with van der Waals surface area (Å²) < 4.78 is 10.9. The molecule has 4 heteroatoms. The Hall–Kier alpha value is -2.75. The van der Waals surface area contributed by atoms with Crippen molar-refractivity contribution >= 4 is 16.9 Å². The van der Waals surface area contributed by atoms with Gasteiger partial charge in [-0.15, -0.1) is 0 Å². The van der Waals surface area contributed by atoms with Crippen molar-refractivity contribution in [1.29, 1.82) is 0 Å². The van der Waals surface area contributed by atoms with Crippen LogP contribution in [-0.2, 0) is 4.74 Å². The fourth-order valence-corrected chi connectivity index (χ4v) is 2.71. The Bertz CT molecular complexity index is 873. The topological polar surface area (TPSA) is 59.7 Å². The number of fused-ring (bicyclic) bond motifs is 1. The van der Waals surface area contributed by atoms with Crippen molar-refractivity contribution in [2.45, 2.75) is 20.8 Å². The number of ether oxygens (including phenoxy) is 1. The lowest BCUT2D eigenvalue weighted by atomic mass is 10.0. The minimum atomic E-state index is -0.441. The van der Waals surface area contributed by atoms with Crippen LogP contribution in [0, 0.1) is 13.8 Å². The Kier molecular flexibility index (Phi) is 3.82. The summed E-state index contributed by atoms with van der Waals surface area (Å²) in [6.45, 7) is 5.78. The second-order valence-corrected chi connectivity index (χ2v) is 5.49. The number of phenols is 1. The summed E-state index contributed by atoms with van der Waals surface area (Å²) in [7, 11) is 0. The van der Waals surface area contributed by atoms with Crippen molar-refractivity contribution in [2.24, 2.45) is 0 Å². The minimum absolute atomic E-state index is 0.0828. The molecule has 4 nitrogen and oxygen atoms in total. The smallest absolute Gasteiger partial charge is 0.342 e. The number of furan rings is 1. The van der Waals surface area contributed by atoms with E-state index in [1.54, 1.807) is 19.9 Å².